The van der Waals surface area contributed by atoms with Crippen molar-refractivity contribution in [1.29, 1.82) is 0 Å². The van der Waals surface area contributed by atoms with Crippen molar-refractivity contribution in [2.24, 2.45) is 0 Å². The van der Waals surface area contributed by atoms with Gasteiger partial charge in [0.25, 0.3) is 0 Å². The number of carbonyl (C=O) groups excluding carboxylic acids is 1. The zero-order valence-corrected chi connectivity index (χ0v) is 12.2. The first-order valence-electron chi connectivity index (χ1n) is 6.80. The summed E-state index contributed by atoms with van der Waals surface area (Å²) < 4.78 is 52.8. The summed E-state index contributed by atoms with van der Waals surface area (Å²) in [6.45, 7) is 1.20. The third-order valence-electron chi connectivity index (χ3n) is 3.17. The lowest BCUT2D eigenvalue weighted by molar-refractivity contribution is -0.120. The number of hydrogen-bond donors (Lipinski definition) is 2. The van der Waals surface area contributed by atoms with Crippen LogP contribution in [0.5, 0.6) is 0 Å². The first-order chi connectivity index (χ1) is 10.9. The van der Waals surface area contributed by atoms with Gasteiger partial charge in [0.05, 0.1) is 18.3 Å². The van der Waals surface area contributed by atoms with Crippen LogP contribution in [0.4, 0.5) is 23.2 Å². The molecule has 2 N–H and O–H groups in total. The molecule has 0 aromatic heterocycles. The highest BCUT2D eigenvalue weighted by Gasteiger charge is 2.14. The van der Waals surface area contributed by atoms with Crippen molar-refractivity contribution in [3.05, 3.63) is 65.2 Å². The lowest BCUT2D eigenvalue weighted by Crippen LogP contribution is -2.32. The van der Waals surface area contributed by atoms with E-state index in [0.717, 1.165) is 30.3 Å². The summed E-state index contributed by atoms with van der Waals surface area (Å²) in [5, 5.41) is 4.93. The Kier molecular flexibility index (Phi) is 5.20. The number of anilines is 1. The summed E-state index contributed by atoms with van der Waals surface area (Å²) in [6, 6.07) is 5.15. The summed E-state index contributed by atoms with van der Waals surface area (Å²) in [7, 11) is 0. The summed E-state index contributed by atoms with van der Waals surface area (Å²) >= 11 is 0. The van der Waals surface area contributed by atoms with Gasteiger partial charge in [-0.25, -0.2) is 17.6 Å². The first kappa shape index (κ1) is 16.8. The van der Waals surface area contributed by atoms with Gasteiger partial charge in [0.15, 0.2) is 0 Å². The molecule has 2 rings (SSSR count). The maximum atomic E-state index is 13.6. The van der Waals surface area contributed by atoms with Gasteiger partial charge in [-0.3, -0.25) is 4.79 Å². The summed E-state index contributed by atoms with van der Waals surface area (Å²) in [5.41, 5.74) is -0.0301. The van der Waals surface area contributed by atoms with E-state index in [9.17, 15) is 22.4 Å². The van der Waals surface area contributed by atoms with Crippen molar-refractivity contribution in [3.63, 3.8) is 0 Å². The molecule has 0 unspecified atom stereocenters. The Morgan fingerprint density at radius 1 is 1.00 bits per heavy atom. The van der Waals surface area contributed by atoms with E-state index in [1.165, 1.54) is 13.0 Å². The van der Waals surface area contributed by atoms with Crippen LogP contribution in [0.15, 0.2) is 36.4 Å². The SMILES string of the molecule is C[C@H](NC(=O)CNc1cc(F)ccc1F)c1ccc(F)cc1F. The van der Waals surface area contributed by atoms with Crippen LogP contribution in [0.25, 0.3) is 0 Å². The molecule has 2 aromatic rings. The van der Waals surface area contributed by atoms with Crippen LogP contribution < -0.4 is 10.6 Å². The molecule has 23 heavy (non-hydrogen) atoms. The average Bonchev–Trinajstić information content (AvgIpc) is 2.48. The van der Waals surface area contributed by atoms with Crippen LogP contribution >= 0.6 is 0 Å². The number of amides is 1. The second-order valence-corrected chi connectivity index (χ2v) is 4.93. The number of nitrogens with one attached hydrogen (secondary N) is 2. The number of halogens is 4. The smallest absolute Gasteiger partial charge is 0.239 e. The quantitative estimate of drug-likeness (QED) is 0.825. The second kappa shape index (κ2) is 7.13. The minimum absolute atomic E-state index is 0.122. The highest BCUT2D eigenvalue weighted by atomic mass is 19.1. The molecule has 0 radical (unpaired) electrons. The van der Waals surface area contributed by atoms with Gasteiger partial charge in [-0.15, -0.1) is 0 Å². The van der Waals surface area contributed by atoms with E-state index >= 15 is 0 Å². The van der Waals surface area contributed by atoms with Crippen molar-refractivity contribution in [2.45, 2.75) is 13.0 Å². The molecule has 2 aromatic carbocycles. The summed E-state index contributed by atoms with van der Waals surface area (Å²) in [6.07, 6.45) is 0. The Labute approximate surface area is 130 Å². The molecule has 0 saturated carbocycles. The van der Waals surface area contributed by atoms with Crippen LogP contribution in [0, 0.1) is 23.3 Å². The van der Waals surface area contributed by atoms with Gasteiger partial charge < -0.3 is 10.6 Å². The fourth-order valence-corrected chi connectivity index (χ4v) is 2.03. The monoisotopic (exact) mass is 326 g/mol. The maximum Gasteiger partial charge on any atom is 0.239 e. The average molecular weight is 326 g/mol. The Balaban J connectivity index is 1.95. The second-order valence-electron chi connectivity index (χ2n) is 4.93. The molecule has 0 bridgehead atoms. The third-order valence-corrected chi connectivity index (χ3v) is 3.17. The molecule has 0 spiro atoms. The molecule has 0 aliphatic carbocycles. The molecule has 0 aliphatic heterocycles. The van der Waals surface area contributed by atoms with E-state index in [0.29, 0.717) is 0 Å². The van der Waals surface area contributed by atoms with Crippen LogP contribution in [0.1, 0.15) is 18.5 Å². The highest BCUT2D eigenvalue weighted by molar-refractivity contribution is 5.81. The van der Waals surface area contributed by atoms with Gasteiger partial charge in [0, 0.05) is 11.6 Å². The summed E-state index contributed by atoms with van der Waals surface area (Å²) in [5.74, 6) is -3.38. The van der Waals surface area contributed by atoms with Crippen LogP contribution in [-0.2, 0) is 4.79 Å². The van der Waals surface area contributed by atoms with Crippen molar-refractivity contribution in [2.75, 3.05) is 11.9 Å². The van der Waals surface area contributed by atoms with E-state index in [1.807, 2.05) is 0 Å². The first-order valence-corrected chi connectivity index (χ1v) is 6.80. The molecular formula is C16H14F4N2O. The largest absolute Gasteiger partial charge is 0.374 e. The maximum absolute atomic E-state index is 13.6. The molecule has 1 amide bonds. The Bertz CT molecular complexity index is 721. The standard InChI is InChI=1S/C16H14F4N2O/c1-9(12-4-2-10(17)6-14(12)20)22-16(23)8-21-15-7-11(18)3-5-13(15)19/h2-7,9,21H,8H2,1H3,(H,22,23)/t9-/m0/s1. The Morgan fingerprint density at radius 3 is 2.35 bits per heavy atom. The zero-order chi connectivity index (χ0) is 17.0. The Morgan fingerprint density at radius 2 is 1.65 bits per heavy atom. The van der Waals surface area contributed by atoms with Gasteiger partial charge in [0.1, 0.15) is 23.3 Å². The molecule has 1 atom stereocenters. The molecule has 3 nitrogen and oxygen atoms in total. The molecule has 122 valence electrons. The lowest BCUT2D eigenvalue weighted by atomic mass is 10.1. The third kappa shape index (κ3) is 4.45. The minimum Gasteiger partial charge on any atom is -0.374 e. The van der Waals surface area contributed by atoms with Gasteiger partial charge in [-0.2, -0.15) is 0 Å². The molecule has 0 saturated heterocycles. The normalized spacial score (nSPS) is 11.9. The molecule has 0 heterocycles. The van der Waals surface area contributed by atoms with E-state index in [4.69, 9.17) is 0 Å². The number of rotatable bonds is 5. The van der Waals surface area contributed by atoms with Crippen molar-refractivity contribution >= 4 is 11.6 Å². The van der Waals surface area contributed by atoms with Crippen LogP contribution in [0.2, 0.25) is 0 Å². The molecule has 7 heteroatoms. The fourth-order valence-electron chi connectivity index (χ4n) is 2.03. The highest BCUT2D eigenvalue weighted by Crippen LogP contribution is 2.18. The van der Waals surface area contributed by atoms with Gasteiger partial charge >= 0.3 is 0 Å². The molecule has 0 aliphatic rings. The van der Waals surface area contributed by atoms with Crippen LogP contribution in [0.3, 0.4) is 0 Å². The van der Waals surface area contributed by atoms with E-state index < -0.39 is 35.2 Å². The van der Waals surface area contributed by atoms with Gasteiger partial charge in [-0.05, 0) is 31.2 Å². The van der Waals surface area contributed by atoms with Crippen molar-refractivity contribution < 1.29 is 22.4 Å². The fraction of sp³-hybridized carbons (Fsp3) is 0.188. The van der Waals surface area contributed by atoms with E-state index in [2.05, 4.69) is 10.6 Å². The van der Waals surface area contributed by atoms with Gasteiger partial charge in [0.2, 0.25) is 5.91 Å². The predicted octanol–water partition coefficient (Wildman–Crippen LogP) is 3.53. The number of carbonyl (C=O) groups is 1. The predicted molar refractivity (Wildman–Crippen MR) is 77.8 cm³/mol. The van der Waals surface area contributed by atoms with Crippen molar-refractivity contribution in [3.8, 4) is 0 Å². The molecule has 0 fully saturated rings. The van der Waals surface area contributed by atoms with E-state index in [1.54, 1.807) is 0 Å². The molecular weight excluding hydrogens is 312 g/mol. The number of hydrogen-bond acceptors (Lipinski definition) is 2. The number of benzene rings is 2. The van der Waals surface area contributed by atoms with Gasteiger partial charge in [-0.1, -0.05) is 6.07 Å². The van der Waals surface area contributed by atoms with Crippen molar-refractivity contribution in [1.82, 2.24) is 5.32 Å². The Hall–Kier alpha value is -2.57. The topological polar surface area (TPSA) is 41.1 Å². The zero-order valence-electron chi connectivity index (χ0n) is 12.2. The van der Waals surface area contributed by atoms with E-state index in [-0.39, 0.29) is 17.8 Å². The minimum atomic E-state index is -0.776. The lowest BCUT2D eigenvalue weighted by Gasteiger charge is -2.16. The van der Waals surface area contributed by atoms with Crippen LogP contribution in [-0.4, -0.2) is 12.5 Å². The summed E-state index contributed by atoms with van der Waals surface area (Å²) in [4.78, 5) is 11.8.